The van der Waals surface area contributed by atoms with E-state index < -0.39 is 5.76 Å². The van der Waals surface area contributed by atoms with Crippen LogP contribution >= 0.6 is 0 Å². The van der Waals surface area contributed by atoms with E-state index in [4.69, 9.17) is 14.3 Å². The van der Waals surface area contributed by atoms with E-state index in [0.717, 1.165) is 22.6 Å². The van der Waals surface area contributed by atoms with Crippen molar-refractivity contribution in [1.29, 1.82) is 0 Å². The van der Waals surface area contributed by atoms with Gasteiger partial charge in [0.2, 0.25) is 5.89 Å². The highest BCUT2D eigenvalue weighted by molar-refractivity contribution is 5.64. The van der Waals surface area contributed by atoms with Gasteiger partial charge < -0.3 is 9.15 Å². The second-order valence-electron chi connectivity index (χ2n) is 7.35. The Balaban J connectivity index is 1.55. The van der Waals surface area contributed by atoms with Crippen molar-refractivity contribution in [2.24, 2.45) is 0 Å². The molecule has 5 rings (SSSR count). The van der Waals surface area contributed by atoms with Gasteiger partial charge in [-0.3, -0.25) is 0 Å². The average molecular weight is 442 g/mol. The quantitative estimate of drug-likeness (QED) is 0.386. The lowest BCUT2D eigenvalue weighted by Gasteiger charge is -2.04. The first-order valence-electron chi connectivity index (χ1n) is 10.2. The van der Waals surface area contributed by atoms with Crippen molar-refractivity contribution >= 4 is 0 Å². The molecule has 0 saturated heterocycles. The molecule has 0 bridgehead atoms. The molecule has 7 nitrogen and oxygen atoms in total. The molecule has 0 atom stereocenters. The molecule has 2 aromatic heterocycles. The lowest BCUT2D eigenvalue weighted by molar-refractivity contribution is 0.415. The van der Waals surface area contributed by atoms with Crippen LogP contribution in [0.1, 0.15) is 5.56 Å². The number of hydrogen-bond acceptors (Lipinski definition) is 5. The molecule has 0 aliphatic rings. The van der Waals surface area contributed by atoms with Gasteiger partial charge in [-0.05, 0) is 60.7 Å². The predicted octanol–water partition coefficient (Wildman–Crippen LogP) is 4.55. The van der Waals surface area contributed by atoms with E-state index >= 15 is 0 Å². The fourth-order valence-electron chi connectivity index (χ4n) is 3.51. The van der Waals surface area contributed by atoms with Gasteiger partial charge in [0.15, 0.2) is 0 Å². The monoisotopic (exact) mass is 442 g/mol. The molecule has 0 amide bonds. The lowest BCUT2D eigenvalue weighted by Crippen LogP contribution is -2.16. The highest BCUT2D eigenvalue weighted by Gasteiger charge is 2.17. The van der Waals surface area contributed by atoms with Gasteiger partial charge in [-0.2, -0.15) is 9.78 Å². The first-order chi connectivity index (χ1) is 16.1. The third-order valence-corrected chi connectivity index (χ3v) is 5.19. The molecule has 0 radical (unpaired) electrons. The number of rotatable bonds is 6. The lowest BCUT2D eigenvalue weighted by atomic mass is 10.1. The summed E-state index contributed by atoms with van der Waals surface area (Å²) in [4.78, 5) is 12.5. The maximum absolute atomic E-state index is 13.2. The molecular weight excluding hydrogens is 423 g/mol. The minimum absolute atomic E-state index is 0.126. The van der Waals surface area contributed by atoms with Crippen LogP contribution in [0.25, 0.3) is 28.4 Å². The predicted molar refractivity (Wildman–Crippen MR) is 121 cm³/mol. The van der Waals surface area contributed by atoms with Crippen molar-refractivity contribution in [3.8, 4) is 34.1 Å². The standard InChI is InChI=1S/C25H19FN4O3/c1-32-22-13-9-17(10-14-22)23-19(15-29(27-23)21-5-3-2-4-6-21)16-30-25(31)33-24(28-30)18-7-11-20(26)12-8-18/h2-15H,16H2,1H3. The van der Waals surface area contributed by atoms with Crippen LogP contribution in [0, 0.1) is 5.82 Å². The van der Waals surface area contributed by atoms with Gasteiger partial charge in [0.05, 0.1) is 25.0 Å². The number of aromatic nitrogens is 4. The topological polar surface area (TPSA) is 75.1 Å². The Morgan fingerprint density at radius 2 is 1.61 bits per heavy atom. The molecule has 0 aliphatic heterocycles. The molecule has 0 N–H and O–H groups in total. The van der Waals surface area contributed by atoms with E-state index in [1.165, 1.54) is 28.9 Å². The van der Waals surface area contributed by atoms with Crippen molar-refractivity contribution in [3.63, 3.8) is 0 Å². The highest BCUT2D eigenvalue weighted by atomic mass is 19.1. The molecule has 0 saturated carbocycles. The van der Waals surface area contributed by atoms with Gasteiger partial charge >= 0.3 is 5.76 Å². The molecule has 0 fully saturated rings. The second kappa shape index (κ2) is 8.58. The van der Waals surface area contributed by atoms with E-state index in [-0.39, 0.29) is 18.3 Å². The zero-order valence-corrected chi connectivity index (χ0v) is 17.7. The van der Waals surface area contributed by atoms with Crippen molar-refractivity contribution in [3.05, 3.63) is 107 Å². The smallest absolute Gasteiger partial charge is 0.437 e. The Labute approximate surface area is 188 Å². The van der Waals surface area contributed by atoms with E-state index in [0.29, 0.717) is 11.3 Å². The van der Waals surface area contributed by atoms with Crippen LogP contribution in [-0.2, 0) is 6.54 Å². The van der Waals surface area contributed by atoms with Crippen molar-refractivity contribution in [2.75, 3.05) is 7.11 Å². The van der Waals surface area contributed by atoms with Crippen LogP contribution in [0.5, 0.6) is 5.75 Å². The Bertz CT molecular complexity index is 1440. The number of benzene rings is 3. The van der Waals surface area contributed by atoms with Crippen LogP contribution < -0.4 is 10.5 Å². The second-order valence-corrected chi connectivity index (χ2v) is 7.35. The molecule has 33 heavy (non-hydrogen) atoms. The fraction of sp³-hybridized carbons (Fsp3) is 0.0800. The van der Waals surface area contributed by atoms with Crippen LogP contribution in [0.15, 0.2) is 94.3 Å². The molecule has 0 unspecified atom stereocenters. The Hall–Kier alpha value is -4.46. The minimum atomic E-state index is -0.609. The summed E-state index contributed by atoms with van der Waals surface area (Å²) in [6, 6.07) is 22.8. The Morgan fingerprint density at radius 1 is 0.909 bits per heavy atom. The van der Waals surface area contributed by atoms with Gasteiger partial charge in [0.25, 0.3) is 0 Å². The minimum Gasteiger partial charge on any atom is -0.497 e. The molecule has 164 valence electrons. The molecule has 2 heterocycles. The summed E-state index contributed by atoms with van der Waals surface area (Å²) in [5.41, 5.74) is 3.77. The van der Waals surface area contributed by atoms with Crippen molar-refractivity contribution in [2.45, 2.75) is 6.54 Å². The number of ether oxygens (including phenoxy) is 1. The van der Waals surface area contributed by atoms with E-state index in [9.17, 15) is 9.18 Å². The van der Waals surface area contributed by atoms with Crippen molar-refractivity contribution < 1.29 is 13.5 Å². The van der Waals surface area contributed by atoms with Gasteiger partial charge in [0.1, 0.15) is 11.6 Å². The Morgan fingerprint density at radius 3 is 2.30 bits per heavy atom. The fourth-order valence-corrected chi connectivity index (χ4v) is 3.51. The summed E-state index contributed by atoms with van der Waals surface area (Å²) in [5.74, 6) is -0.124. The van der Waals surface area contributed by atoms with Crippen LogP contribution in [0.3, 0.4) is 0 Å². The molecular formula is C25H19FN4O3. The van der Waals surface area contributed by atoms with Gasteiger partial charge in [0, 0.05) is 22.9 Å². The average Bonchev–Trinajstić information content (AvgIpc) is 3.44. The maximum Gasteiger partial charge on any atom is 0.437 e. The van der Waals surface area contributed by atoms with Crippen LogP contribution in [0.4, 0.5) is 4.39 Å². The summed E-state index contributed by atoms with van der Waals surface area (Å²) >= 11 is 0. The molecule has 5 aromatic rings. The zero-order valence-electron chi connectivity index (χ0n) is 17.7. The number of para-hydroxylation sites is 1. The van der Waals surface area contributed by atoms with E-state index in [1.807, 2.05) is 60.8 Å². The Kier molecular flexibility index (Phi) is 5.32. The third-order valence-electron chi connectivity index (χ3n) is 5.19. The number of methoxy groups -OCH3 is 1. The van der Waals surface area contributed by atoms with Gasteiger partial charge in [-0.15, -0.1) is 5.10 Å². The summed E-state index contributed by atoms with van der Waals surface area (Å²) in [7, 11) is 1.61. The molecule has 8 heteroatoms. The number of halogens is 1. The summed E-state index contributed by atoms with van der Waals surface area (Å²) in [5, 5.41) is 9.07. The third kappa shape index (κ3) is 4.18. The molecule has 0 aliphatic carbocycles. The van der Waals surface area contributed by atoms with Gasteiger partial charge in [-0.1, -0.05) is 18.2 Å². The van der Waals surface area contributed by atoms with Crippen LogP contribution in [0.2, 0.25) is 0 Å². The van der Waals surface area contributed by atoms with Crippen molar-refractivity contribution in [1.82, 2.24) is 19.6 Å². The largest absolute Gasteiger partial charge is 0.497 e. The highest BCUT2D eigenvalue weighted by Crippen LogP contribution is 2.26. The maximum atomic E-state index is 13.2. The zero-order chi connectivity index (χ0) is 22.8. The van der Waals surface area contributed by atoms with E-state index in [1.54, 1.807) is 11.8 Å². The number of hydrogen-bond donors (Lipinski definition) is 0. The van der Waals surface area contributed by atoms with Crippen LogP contribution in [-0.4, -0.2) is 26.7 Å². The summed E-state index contributed by atoms with van der Waals surface area (Å²) in [6.45, 7) is 0.151. The summed E-state index contributed by atoms with van der Waals surface area (Å²) in [6.07, 6.45) is 1.87. The van der Waals surface area contributed by atoms with E-state index in [2.05, 4.69) is 5.10 Å². The first-order valence-corrected chi connectivity index (χ1v) is 10.2. The number of nitrogens with zero attached hydrogens (tertiary/aromatic N) is 4. The SMILES string of the molecule is COc1ccc(-c2nn(-c3ccccc3)cc2Cn2nc(-c3ccc(F)cc3)oc2=O)cc1. The summed E-state index contributed by atoms with van der Waals surface area (Å²) < 4.78 is 26.8. The molecule has 0 spiro atoms. The first kappa shape index (κ1) is 20.4. The normalized spacial score (nSPS) is 11.0. The molecule has 3 aromatic carbocycles. The van der Waals surface area contributed by atoms with Gasteiger partial charge in [-0.25, -0.2) is 13.9 Å².